The van der Waals surface area contributed by atoms with Crippen LogP contribution in [-0.2, 0) is 0 Å². The van der Waals surface area contributed by atoms with Gasteiger partial charge in [-0.3, -0.25) is 4.90 Å². The maximum atomic E-state index is 12.4. The van der Waals surface area contributed by atoms with Crippen LogP contribution in [0.2, 0.25) is 0 Å². The third-order valence-electron chi connectivity index (χ3n) is 3.07. The molecule has 0 saturated heterocycles. The number of urea groups is 1. The van der Waals surface area contributed by atoms with Gasteiger partial charge in [0.15, 0.2) is 11.6 Å². The number of carbonyl (C=O) groups is 1. The summed E-state index contributed by atoms with van der Waals surface area (Å²) in [6.45, 7) is 0.845. The molecule has 3 rings (SSSR count). The van der Waals surface area contributed by atoms with Crippen LogP contribution in [0.15, 0.2) is 42.6 Å². The van der Waals surface area contributed by atoms with E-state index in [1.165, 1.54) is 4.90 Å². The number of carbonyl (C=O) groups excluding carboxylic acids is 1. The minimum Gasteiger partial charge on any atom is -0.488 e. The van der Waals surface area contributed by atoms with Gasteiger partial charge in [0.05, 0.1) is 18.2 Å². The summed E-state index contributed by atoms with van der Waals surface area (Å²) in [6.07, 6.45) is 1.62. The van der Waals surface area contributed by atoms with E-state index in [-0.39, 0.29) is 6.03 Å². The van der Waals surface area contributed by atoms with E-state index >= 15 is 0 Å². The molecule has 0 fully saturated rings. The van der Waals surface area contributed by atoms with E-state index in [2.05, 4.69) is 10.3 Å². The molecule has 0 spiro atoms. The lowest BCUT2D eigenvalue weighted by molar-refractivity contribution is 0.249. The molecule has 1 aromatic carbocycles. The first-order chi connectivity index (χ1) is 10.3. The molecular formula is C15H12N4O2. The number of ether oxygens (including phenoxy) is 1. The van der Waals surface area contributed by atoms with Crippen molar-refractivity contribution in [3.05, 3.63) is 48.2 Å². The quantitative estimate of drug-likeness (QED) is 0.870. The van der Waals surface area contributed by atoms with Crippen molar-refractivity contribution < 1.29 is 9.53 Å². The Labute approximate surface area is 121 Å². The zero-order valence-corrected chi connectivity index (χ0v) is 11.1. The van der Waals surface area contributed by atoms with Gasteiger partial charge in [0, 0.05) is 11.9 Å². The van der Waals surface area contributed by atoms with Gasteiger partial charge in [0.2, 0.25) is 0 Å². The standard InChI is InChI=1S/C15H12N4O2/c16-10-11-3-1-4-12(9-11)18-15(20)19-7-8-21-13-5-2-6-17-14(13)19/h1-6,9H,7-8H2,(H,18,20). The van der Waals surface area contributed by atoms with Crippen molar-refractivity contribution >= 4 is 17.5 Å². The number of amides is 2. The van der Waals surface area contributed by atoms with Gasteiger partial charge >= 0.3 is 6.03 Å². The molecule has 2 amide bonds. The topological polar surface area (TPSA) is 78.2 Å². The fraction of sp³-hybridized carbons (Fsp3) is 0.133. The SMILES string of the molecule is N#Cc1cccc(NC(=O)N2CCOc3cccnc32)c1. The van der Waals surface area contributed by atoms with Crippen molar-refractivity contribution in [2.24, 2.45) is 0 Å². The van der Waals surface area contributed by atoms with Gasteiger partial charge in [-0.2, -0.15) is 5.26 Å². The Balaban J connectivity index is 1.82. The van der Waals surface area contributed by atoms with Crippen LogP contribution < -0.4 is 15.0 Å². The Morgan fingerprint density at radius 1 is 1.38 bits per heavy atom. The normalized spacial score (nSPS) is 12.8. The maximum Gasteiger partial charge on any atom is 0.327 e. The fourth-order valence-electron chi connectivity index (χ4n) is 2.11. The molecule has 0 radical (unpaired) electrons. The van der Waals surface area contributed by atoms with Crippen molar-refractivity contribution in [3.63, 3.8) is 0 Å². The zero-order valence-electron chi connectivity index (χ0n) is 11.1. The van der Waals surface area contributed by atoms with Crippen molar-refractivity contribution in [1.82, 2.24) is 4.98 Å². The van der Waals surface area contributed by atoms with Crippen LogP contribution in [0.4, 0.5) is 16.3 Å². The molecule has 2 aromatic rings. The average molecular weight is 280 g/mol. The van der Waals surface area contributed by atoms with Gasteiger partial charge in [-0.15, -0.1) is 0 Å². The number of nitrogens with zero attached hydrogens (tertiary/aromatic N) is 3. The third-order valence-corrected chi connectivity index (χ3v) is 3.07. The average Bonchev–Trinajstić information content (AvgIpc) is 2.54. The molecular weight excluding hydrogens is 268 g/mol. The highest BCUT2D eigenvalue weighted by Crippen LogP contribution is 2.28. The molecule has 104 valence electrons. The van der Waals surface area contributed by atoms with Gasteiger partial charge in [0.25, 0.3) is 0 Å². The minimum absolute atomic E-state index is 0.298. The van der Waals surface area contributed by atoms with Crippen LogP contribution in [0.5, 0.6) is 5.75 Å². The predicted molar refractivity (Wildman–Crippen MR) is 77.3 cm³/mol. The number of nitriles is 1. The molecule has 1 aromatic heterocycles. The highest BCUT2D eigenvalue weighted by atomic mass is 16.5. The largest absolute Gasteiger partial charge is 0.488 e. The number of hydrogen-bond acceptors (Lipinski definition) is 4. The Hall–Kier alpha value is -3.07. The van der Waals surface area contributed by atoms with Crippen molar-refractivity contribution in [2.45, 2.75) is 0 Å². The number of rotatable bonds is 1. The summed E-state index contributed by atoms with van der Waals surface area (Å²) in [7, 11) is 0. The summed E-state index contributed by atoms with van der Waals surface area (Å²) < 4.78 is 5.46. The van der Waals surface area contributed by atoms with E-state index < -0.39 is 0 Å². The van der Waals surface area contributed by atoms with Crippen LogP contribution in [0.1, 0.15) is 5.56 Å². The van der Waals surface area contributed by atoms with Gasteiger partial charge in [-0.1, -0.05) is 6.07 Å². The van der Waals surface area contributed by atoms with E-state index in [0.717, 1.165) is 0 Å². The number of hydrogen-bond donors (Lipinski definition) is 1. The van der Waals surface area contributed by atoms with E-state index in [1.54, 1.807) is 42.6 Å². The Bertz CT molecular complexity index is 724. The molecule has 0 saturated carbocycles. The Morgan fingerprint density at radius 3 is 3.14 bits per heavy atom. The minimum atomic E-state index is -0.298. The number of pyridine rings is 1. The van der Waals surface area contributed by atoms with Crippen LogP contribution in [0, 0.1) is 11.3 Å². The van der Waals surface area contributed by atoms with Gasteiger partial charge in [-0.25, -0.2) is 9.78 Å². The lowest BCUT2D eigenvalue weighted by Crippen LogP contribution is -2.41. The molecule has 1 aliphatic rings. The van der Waals surface area contributed by atoms with Gasteiger partial charge in [0.1, 0.15) is 6.61 Å². The first kappa shape index (κ1) is 12.9. The Morgan fingerprint density at radius 2 is 2.29 bits per heavy atom. The first-order valence-electron chi connectivity index (χ1n) is 6.44. The first-order valence-corrected chi connectivity index (χ1v) is 6.44. The number of aromatic nitrogens is 1. The fourth-order valence-corrected chi connectivity index (χ4v) is 2.11. The van der Waals surface area contributed by atoms with E-state index in [1.807, 2.05) is 6.07 Å². The van der Waals surface area contributed by atoms with Crippen molar-refractivity contribution in [2.75, 3.05) is 23.4 Å². The number of nitrogens with one attached hydrogen (secondary N) is 1. The lowest BCUT2D eigenvalue weighted by atomic mass is 10.2. The van der Waals surface area contributed by atoms with Gasteiger partial charge in [-0.05, 0) is 30.3 Å². The molecule has 0 aliphatic carbocycles. The molecule has 6 heteroatoms. The number of anilines is 2. The molecule has 0 atom stereocenters. The van der Waals surface area contributed by atoms with Crippen LogP contribution in [0.3, 0.4) is 0 Å². The second kappa shape index (κ2) is 5.51. The molecule has 0 bridgehead atoms. The molecule has 0 unspecified atom stereocenters. The molecule has 1 N–H and O–H groups in total. The molecule has 6 nitrogen and oxygen atoms in total. The smallest absolute Gasteiger partial charge is 0.327 e. The second-order valence-corrected chi connectivity index (χ2v) is 4.45. The highest BCUT2D eigenvalue weighted by molar-refractivity contribution is 6.02. The summed E-state index contributed by atoms with van der Waals surface area (Å²) in [5.74, 6) is 1.09. The van der Waals surface area contributed by atoms with Crippen LogP contribution >= 0.6 is 0 Å². The van der Waals surface area contributed by atoms with E-state index in [4.69, 9.17) is 10.00 Å². The Kier molecular flexibility index (Phi) is 3.39. The molecule has 21 heavy (non-hydrogen) atoms. The summed E-state index contributed by atoms with van der Waals surface area (Å²) in [4.78, 5) is 18.1. The van der Waals surface area contributed by atoms with Gasteiger partial charge < -0.3 is 10.1 Å². The predicted octanol–water partition coefficient (Wildman–Crippen LogP) is 2.38. The third kappa shape index (κ3) is 2.62. The van der Waals surface area contributed by atoms with E-state index in [9.17, 15) is 4.79 Å². The highest BCUT2D eigenvalue weighted by Gasteiger charge is 2.24. The number of fused-ring (bicyclic) bond motifs is 1. The van der Waals surface area contributed by atoms with Crippen molar-refractivity contribution in [3.8, 4) is 11.8 Å². The number of benzene rings is 1. The summed E-state index contributed by atoms with van der Waals surface area (Å²) in [5.41, 5.74) is 1.07. The summed E-state index contributed by atoms with van der Waals surface area (Å²) in [5, 5.41) is 11.6. The van der Waals surface area contributed by atoms with Crippen LogP contribution in [-0.4, -0.2) is 24.2 Å². The van der Waals surface area contributed by atoms with E-state index in [0.29, 0.717) is 36.0 Å². The van der Waals surface area contributed by atoms with Crippen LogP contribution in [0.25, 0.3) is 0 Å². The summed E-state index contributed by atoms with van der Waals surface area (Å²) in [6, 6.07) is 12.0. The monoisotopic (exact) mass is 280 g/mol. The zero-order chi connectivity index (χ0) is 14.7. The lowest BCUT2D eigenvalue weighted by Gasteiger charge is -2.28. The van der Waals surface area contributed by atoms with Crippen molar-refractivity contribution in [1.29, 1.82) is 5.26 Å². The molecule has 2 heterocycles. The summed E-state index contributed by atoms with van der Waals surface area (Å²) >= 11 is 0. The maximum absolute atomic E-state index is 12.4. The molecule has 1 aliphatic heterocycles. The second-order valence-electron chi connectivity index (χ2n) is 4.45.